The molecule has 5 nitrogen and oxygen atoms in total. The summed E-state index contributed by atoms with van der Waals surface area (Å²) in [6, 6.07) is 5.82. The number of likely N-dealkylation sites (tertiary alicyclic amines) is 1. The van der Waals surface area contributed by atoms with Crippen LogP contribution in [-0.4, -0.2) is 38.8 Å². The summed E-state index contributed by atoms with van der Waals surface area (Å²) in [5.41, 5.74) is 0.979. The Labute approximate surface area is 149 Å². The number of aryl methyl sites for hydroxylation is 1. The largest absolute Gasteiger partial charge is 0.573 e. The molecule has 1 atom stereocenters. The van der Waals surface area contributed by atoms with Gasteiger partial charge in [-0.25, -0.2) is 4.98 Å². The normalized spacial score (nSPS) is 20.4. The van der Waals surface area contributed by atoms with Crippen LogP contribution in [0.5, 0.6) is 5.75 Å². The molecule has 2 aromatic rings. The van der Waals surface area contributed by atoms with E-state index in [0.29, 0.717) is 18.7 Å². The highest BCUT2D eigenvalue weighted by molar-refractivity contribution is 5.93. The lowest BCUT2D eigenvalue weighted by molar-refractivity contribution is -0.274. The monoisotopic (exact) mass is 367 g/mol. The van der Waals surface area contributed by atoms with E-state index in [-0.39, 0.29) is 11.7 Å². The zero-order chi connectivity index (χ0) is 18.9. The number of alkyl halides is 3. The molecule has 1 aromatic heterocycles. The first-order chi connectivity index (χ1) is 12.2. The summed E-state index contributed by atoms with van der Waals surface area (Å²) in [6.07, 6.45) is 0.700. The maximum atomic E-state index is 12.9. The van der Waals surface area contributed by atoms with Crippen LogP contribution in [-0.2, 0) is 13.5 Å². The van der Waals surface area contributed by atoms with Gasteiger partial charge in [0.05, 0.1) is 12.5 Å². The highest BCUT2D eigenvalue weighted by Crippen LogP contribution is 2.34. The second-order valence-corrected chi connectivity index (χ2v) is 6.82. The number of aromatic nitrogens is 2. The molecule has 1 saturated heterocycles. The second-order valence-electron chi connectivity index (χ2n) is 6.82. The van der Waals surface area contributed by atoms with Crippen molar-refractivity contribution in [2.75, 3.05) is 6.54 Å². The molecular formula is C18H20F3N3O2. The van der Waals surface area contributed by atoms with Gasteiger partial charge in [-0.2, -0.15) is 0 Å². The highest BCUT2D eigenvalue weighted by atomic mass is 19.4. The van der Waals surface area contributed by atoms with Gasteiger partial charge >= 0.3 is 6.36 Å². The minimum Gasteiger partial charge on any atom is -0.406 e. The zero-order valence-corrected chi connectivity index (χ0v) is 14.6. The van der Waals surface area contributed by atoms with Gasteiger partial charge in [0, 0.05) is 19.1 Å². The Morgan fingerprint density at radius 3 is 2.58 bits per heavy atom. The summed E-state index contributed by atoms with van der Waals surface area (Å²) >= 11 is 0. The molecule has 0 N–H and O–H groups in total. The number of hydrogen-bond acceptors (Lipinski definition) is 3. The predicted molar refractivity (Wildman–Crippen MR) is 88.7 cm³/mol. The number of benzene rings is 1. The molecule has 1 unspecified atom stereocenters. The van der Waals surface area contributed by atoms with E-state index < -0.39 is 11.9 Å². The molecule has 1 aromatic carbocycles. The first kappa shape index (κ1) is 18.3. The van der Waals surface area contributed by atoms with Gasteiger partial charge in [0.15, 0.2) is 0 Å². The molecule has 2 heterocycles. The van der Waals surface area contributed by atoms with Crippen LogP contribution in [0.4, 0.5) is 13.2 Å². The fourth-order valence-electron chi connectivity index (χ4n) is 3.50. The van der Waals surface area contributed by atoms with Crippen molar-refractivity contribution in [3.63, 3.8) is 0 Å². The molecular weight excluding hydrogens is 347 g/mol. The third-order valence-electron chi connectivity index (χ3n) is 4.77. The molecule has 1 aliphatic rings. The number of hydrogen-bond donors (Lipinski definition) is 0. The zero-order valence-electron chi connectivity index (χ0n) is 14.6. The second kappa shape index (κ2) is 6.66. The smallest absolute Gasteiger partial charge is 0.406 e. The molecule has 1 fully saturated rings. The Hall–Kier alpha value is -2.51. The Balaban J connectivity index is 1.75. The van der Waals surface area contributed by atoms with Crippen molar-refractivity contribution in [3.05, 3.63) is 48.0 Å². The van der Waals surface area contributed by atoms with Crippen LogP contribution in [0.1, 0.15) is 35.8 Å². The molecule has 1 amide bonds. The first-order valence-corrected chi connectivity index (χ1v) is 8.31. The van der Waals surface area contributed by atoms with Gasteiger partial charge in [-0.15, -0.1) is 13.2 Å². The third-order valence-corrected chi connectivity index (χ3v) is 4.77. The van der Waals surface area contributed by atoms with Gasteiger partial charge in [-0.05, 0) is 43.9 Å². The van der Waals surface area contributed by atoms with Gasteiger partial charge in [0.1, 0.15) is 11.4 Å². The van der Waals surface area contributed by atoms with E-state index in [2.05, 4.69) is 9.72 Å². The summed E-state index contributed by atoms with van der Waals surface area (Å²) in [6.45, 7) is 2.66. The maximum absolute atomic E-state index is 12.9. The Morgan fingerprint density at radius 1 is 1.31 bits per heavy atom. The molecule has 0 bridgehead atoms. The van der Waals surface area contributed by atoms with Crippen molar-refractivity contribution in [2.24, 2.45) is 7.05 Å². The molecule has 140 valence electrons. The van der Waals surface area contributed by atoms with E-state index >= 15 is 0 Å². The van der Waals surface area contributed by atoms with Crippen molar-refractivity contribution in [1.29, 1.82) is 0 Å². The van der Waals surface area contributed by atoms with E-state index in [1.54, 1.807) is 36.3 Å². The fraction of sp³-hybridized carbons (Fsp3) is 0.444. The lowest BCUT2D eigenvalue weighted by Gasteiger charge is -2.35. The molecule has 0 spiro atoms. The molecule has 8 heteroatoms. The summed E-state index contributed by atoms with van der Waals surface area (Å²) in [4.78, 5) is 18.7. The fourth-order valence-corrected chi connectivity index (χ4v) is 3.50. The number of imidazole rings is 1. The average molecular weight is 367 g/mol. The van der Waals surface area contributed by atoms with Crippen molar-refractivity contribution in [3.8, 4) is 5.75 Å². The molecule has 0 saturated carbocycles. The summed E-state index contributed by atoms with van der Waals surface area (Å²) in [5, 5.41) is 0. The SMILES string of the molecule is Cn1cncc1C(=O)N1CCCC1(C)Cc1ccc(OC(F)(F)F)cc1. The van der Waals surface area contributed by atoms with Gasteiger partial charge in [-0.3, -0.25) is 4.79 Å². The number of amides is 1. The van der Waals surface area contributed by atoms with Crippen LogP contribution >= 0.6 is 0 Å². The lowest BCUT2D eigenvalue weighted by Crippen LogP contribution is -2.47. The predicted octanol–water partition coefficient (Wildman–Crippen LogP) is 3.56. The number of ether oxygens (including phenoxy) is 1. The Morgan fingerprint density at radius 2 is 2.00 bits per heavy atom. The van der Waals surface area contributed by atoms with E-state index in [0.717, 1.165) is 18.4 Å². The maximum Gasteiger partial charge on any atom is 0.573 e. The van der Waals surface area contributed by atoms with Crippen molar-refractivity contribution >= 4 is 5.91 Å². The Kier molecular flexibility index (Phi) is 4.68. The van der Waals surface area contributed by atoms with Crippen LogP contribution < -0.4 is 4.74 Å². The molecule has 1 aliphatic heterocycles. The molecule has 0 radical (unpaired) electrons. The van der Waals surface area contributed by atoms with Crippen LogP contribution in [0.2, 0.25) is 0 Å². The van der Waals surface area contributed by atoms with Crippen molar-refractivity contribution in [2.45, 2.75) is 38.1 Å². The van der Waals surface area contributed by atoms with Gasteiger partial charge in [-0.1, -0.05) is 12.1 Å². The number of halogens is 3. The minimum atomic E-state index is -4.70. The van der Waals surface area contributed by atoms with Crippen molar-refractivity contribution in [1.82, 2.24) is 14.5 Å². The van der Waals surface area contributed by atoms with Gasteiger partial charge in [0.25, 0.3) is 5.91 Å². The van der Waals surface area contributed by atoms with Crippen LogP contribution in [0.15, 0.2) is 36.8 Å². The van der Waals surface area contributed by atoms with Gasteiger partial charge < -0.3 is 14.2 Å². The standard InChI is InChI=1S/C18H20F3N3O2/c1-17(10-13-4-6-14(7-5-13)26-18(19,20)21)8-3-9-24(17)16(25)15-11-22-12-23(15)2/h4-7,11-12H,3,8-10H2,1-2H3. The van der Waals surface area contributed by atoms with E-state index in [4.69, 9.17) is 0 Å². The first-order valence-electron chi connectivity index (χ1n) is 8.31. The average Bonchev–Trinajstić information content (AvgIpc) is 3.13. The lowest BCUT2D eigenvalue weighted by atomic mass is 9.90. The number of rotatable bonds is 4. The van der Waals surface area contributed by atoms with Crippen LogP contribution in [0, 0.1) is 0 Å². The van der Waals surface area contributed by atoms with E-state index in [9.17, 15) is 18.0 Å². The summed E-state index contributed by atoms with van der Waals surface area (Å²) in [5.74, 6) is -0.331. The number of nitrogens with zero attached hydrogens (tertiary/aromatic N) is 3. The van der Waals surface area contributed by atoms with E-state index in [1.807, 2.05) is 11.8 Å². The molecule has 0 aliphatic carbocycles. The molecule has 3 rings (SSSR count). The van der Waals surface area contributed by atoms with Crippen LogP contribution in [0.25, 0.3) is 0 Å². The van der Waals surface area contributed by atoms with Crippen molar-refractivity contribution < 1.29 is 22.7 Å². The summed E-state index contributed by atoms with van der Waals surface area (Å²) < 4.78 is 42.4. The summed E-state index contributed by atoms with van der Waals surface area (Å²) in [7, 11) is 1.77. The number of carbonyl (C=O) groups is 1. The van der Waals surface area contributed by atoms with Gasteiger partial charge in [0.2, 0.25) is 0 Å². The topological polar surface area (TPSA) is 47.4 Å². The van der Waals surface area contributed by atoms with Crippen LogP contribution in [0.3, 0.4) is 0 Å². The minimum absolute atomic E-state index is 0.0815. The van der Waals surface area contributed by atoms with E-state index in [1.165, 1.54) is 12.1 Å². The quantitative estimate of drug-likeness (QED) is 0.830. The number of carbonyl (C=O) groups excluding carboxylic acids is 1. The Bertz CT molecular complexity index is 786. The molecule has 26 heavy (non-hydrogen) atoms. The highest BCUT2D eigenvalue weighted by Gasteiger charge is 2.40. The third kappa shape index (κ3) is 3.84.